The van der Waals surface area contributed by atoms with E-state index in [1.807, 2.05) is 6.92 Å². The molecule has 0 aromatic heterocycles. The largest absolute Gasteiger partial charge is 0.468 e. The Morgan fingerprint density at radius 2 is 1.71 bits per heavy atom. The number of alkyl halides is 2. The molecule has 0 atom stereocenters. The summed E-state index contributed by atoms with van der Waals surface area (Å²) >= 11 is 6.48. The molecule has 0 saturated carbocycles. The molecule has 0 bridgehead atoms. The van der Waals surface area contributed by atoms with Gasteiger partial charge in [0.1, 0.15) is 8.65 Å². The van der Waals surface area contributed by atoms with Crippen molar-refractivity contribution in [2.24, 2.45) is 5.41 Å². The molecule has 0 aromatic rings. The lowest BCUT2D eigenvalue weighted by molar-refractivity contribution is -0.155. The second-order valence-electron chi connectivity index (χ2n) is 3.50. The normalized spacial score (nSPS) is 12.4. The molecule has 0 amide bonds. The fraction of sp³-hybridized carbons (Fsp3) is 0.778. The highest BCUT2D eigenvalue weighted by molar-refractivity contribution is 9.25. The SMILES string of the molecule is CCC(Br)(Br)C(=O)C(C)(C)C(=O)OC. The maximum atomic E-state index is 11.9. The highest BCUT2D eigenvalue weighted by atomic mass is 79.9. The van der Waals surface area contributed by atoms with Gasteiger partial charge in [-0.1, -0.05) is 38.8 Å². The Morgan fingerprint density at radius 3 is 2.00 bits per heavy atom. The van der Waals surface area contributed by atoms with Crippen molar-refractivity contribution in [1.29, 1.82) is 0 Å². The van der Waals surface area contributed by atoms with Crippen molar-refractivity contribution >= 4 is 43.6 Å². The molecule has 0 aliphatic rings. The van der Waals surface area contributed by atoms with Gasteiger partial charge in [-0.15, -0.1) is 0 Å². The first kappa shape index (κ1) is 14.1. The summed E-state index contributed by atoms with van der Waals surface area (Å²) in [5.74, 6) is -0.765. The van der Waals surface area contributed by atoms with Gasteiger partial charge in [0.05, 0.1) is 7.11 Å². The number of halogens is 2. The molecule has 3 nitrogen and oxygen atoms in total. The van der Waals surface area contributed by atoms with E-state index in [2.05, 4.69) is 36.6 Å². The van der Waals surface area contributed by atoms with Gasteiger partial charge < -0.3 is 4.74 Å². The van der Waals surface area contributed by atoms with Crippen LogP contribution in [0.25, 0.3) is 0 Å². The van der Waals surface area contributed by atoms with Gasteiger partial charge in [-0.25, -0.2) is 0 Å². The van der Waals surface area contributed by atoms with Gasteiger partial charge >= 0.3 is 5.97 Å². The van der Waals surface area contributed by atoms with Crippen molar-refractivity contribution in [2.45, 2.75) is 30.4 Å². The smallest absolute Gasteiger partial charge is 0.318 e. The Morgan fingerprint density at radius 1 is 1.29 bits per heavy atom. The average Bonchev–Trinajstić information content (AvgIpc) is 2.15. The number of carbonyl (C=O) groups excluding carboxylic acids is 2. The fourth-order valence-electron chi connectivity index (χ4n) is 0.966. The molecule has 0 heterocycles. The standard InChI is InChI=1S/C9H14Br2O3/c1-5-9(10,11)6(12)8(2,3)7(13)14-4/h5H2,1-4H3. The third-order valence-corrected chi connectivity index (χ3v) is 3.88. The van der Waals surface area contributed by atoms with Crippen molar-refractivity contribution in [1.82, 2.24) is 0 Å². The van der Waals surface area contributed by atoms with E-state index in [1.54, 1.807) is 13.8 Å². The predicted octanol–water partition coefficient (Wildman–Crippen LogP) is 2.65. The fourth-order valence-corrected chi connectivity index (χ4v) is 1.96. The lowest BCUT2D eigenvalue weighted by atomic mass is 9.86. The van der Waals surface area contributed by atoms with Gasteiger partial charge in [-0.3, -0.25) is 9.59 Å². The van der Waals surface area contributed by atoms with Crippen LogP contribution < -0.4 is 0 Å². The van der Waals surface area contributed by atoms with Crippen molar-refractivity contribution in [2.75, 3.05) is 7.11 Å². The van der Waals surface area contributed by atoms with Crippen LogP contribution in [0.15, 0.2) is 0 Å². The Balaban J connectivity index is 4.93. The van der Waals surface area contributed by atoms with Crippen molar-refractivity contribution in [3.05, 3.63) is 0 Å². The van der Waals surface area contributed by atoms with Gasteiger partial charge in [0.25, 0.3) is 0 Å². The van der Waals surface area contributed by atoms with Crippen LogP contribution in [0.1, 0.15) is 27.2 Å². The molecule has 0 fully saturated rings. The Bertz CT molecular complexity index is 246. The first-order valence-electron chi connectivity index (χ1n) is 4.21. The molecule has 0 unspecified atom stereocenters. The molecule has 0 rings (SSSR count). The molecule has 0 spiro atoms. The minimum atomic E-state index is -1.14. The zero-order valence-corrected chi connectivity index (χ0v) is 11.9. The summed E-state index contributed by atoms with van der Waals surface area (Å²) in [6, 6.07) is 0. The van der Waals surface area contributed by atoms with Crippen molar-refractivity contribution in [3.8, 4) is 0 Å². The lowest BCUT2D eigenvalue weighted by Crippen LogP contribution is -2.43. The van der Waals surface area contributed by atoms with Gasteiger partial charge in [0, 0.05) is 0 Å². The molecule has 0 saturated heterocycles. The van der Waals surface area contributed by atoms with E-state index < -0.39 is 14.6 Å². The summed E-state index contributed by atoms with van der Waals surface area (Å²) in [6.45, 7) is 4.94. The average molecular weight is 330 g/mol. The number of Topliss-reactive ketones (excluding diaryl/α,β-unsaturated/α-hetero) is 1. The number of hydrogen-bond donors (Lipinski definition) is 0. The van der Waals surface area contributed by atoms with E-state index in [0.717, 1.165) is 0 Å². The van der Waals surface area contributed by atoms with Crippen LogP contribution in [-0.4, -0.2) is 22.1 Å². The monoisotopic (exact) mass is 328 g/mol. The predicted molar refractivity (Wildman–Crippen MR) is 61.7 cm³/mol. The molecule has 0 N–H and O–H groups in total. The van der Waals surface area contributed by atoms with E-state index in [9.17, 15) is 9.59 Å². The van der Waals surface area contributed by atoms with Crippen LogP contribution >= 0.6 is 31.9 Å². The van der Waals surface area contributed by atoms with E-state index in [4.69, 9.17) is 0 Å². The molecular formula is C9H14Br2O3. The van der Waals surface area contributed by atoms with Gasteiger partial charge in [-0.2, -0.15) is 0 Å². The van der Waals surface area contributed by atoms with Crippen LogP contribution in [0.5, 0.6) is 0 Å². The molecule has 0 aliphatic heterocycles. The van der Waals surface area contributed by atoms with Gasteiger partial charge in [0.15, 0.2) is 5.78 Å². The summed E-state index contributed by atoms with van der Waals surface area (Å²) in [4.78, 5) is 23.3. The van der Waals surface area contributed by atoms with Crippen LogP contribution in [0, 0.1) is 5.41 Å². The number of hydrogen-bond acceptors (Lipinski definition) is 3. The van der Waals surface area contributed by atoms with Gasteiger partial charge in [0.2, 0.25) is 0 Å². The summed E-state index contributed by atoms with van der Waals surface area (Å²) in [7, 11) is 1.27. The Labute approximate surface area is 101 Å². The zero-order valence-electron chi connectivity index (χ0n) is 8.69. The van der Waals surface area contributed by atoms with Crippen LogP contribution in [-0.2, 0) is 14.3 Å². The Kier molecular flexibility index (Phi) is 4.78. The van der Waals surface area contributed by atoms with E-state index in [1.165, 1.54) is 7.11 Å². The van der Waals surface area contributed by atoms with Crippen LogP contribution in [0.4, 0.5) is 0 Å². The Hall–Kier alpha value is 0.1000. The second-order valence-corrected chi connectivity index (χ2v) is 7.28. The maximum Gasteiger partial charge on any atom is 0.318 e. The first-order chi connectivity index (χ1) is 6.20. The number of ketones is 1. The summed E-state index contributed by atoms with van der Waals surface area (Å²) in [5.41, 5.74) is -1.14. The summed E-state index contributed by atoms with van der Waals surface area (Å²) < 4.78 is 3.72. The lowest BCUT2D eigenvalue weighted by Gasteiger charge is -2.27. The van der Waals surface area contributed by atoms with Crippen molar-refractivity contribution < 1.29 is 14.3 Å². The van der Waals surface area contributed by atoms with Gasteiger partial charge in [-0.05, 0) is 20.3 Å². The second kappa shape index (κ2) is 4.75. The van der Waals surface area contributed by atoms with Crippen LogP contribution in [0.2, 0.25) is 0 Å². The maximum absolute atomic E-state index is 11.9. The molecule has 0 radical (unpaired) electrons. The topological polar surface area (TPSA) is 43.4 Å². The first-order valence-corrected chi connectivity index (χ1v) is 5.80. The zero-order chi connectivity index (χ0) is 11.6. The molecule has 0 aliphatic carbocycles. The van der Waals surface area contributed by atoms with E-state index in [0.29, 0.717) is 6.42 Å². The van der Waals surface area contributed by atoms with E-state index in [-0.39, 0.29) is 5.78 Å². The minimum absolute atomic E-state index is 0.237. The number of rotatable bonds is 4. The third-order valence-electron chi connectivity index (χ3n) is 2.04. The van der Waals surface area contributed by atoms with Crippen molar-refractivity contribution in [3.63, 3.8) is 0 Å². The summed E-state index contributed by atoms with van der Waals surface area (Å²) in [5, 5.41) is 0. The molecular weight excluding hydrogens is 316 g/mol. The highest BCUT2D eigenvalue weighted by Gasteiger charge is 2.46. The van der Waals surface area contributed by atoms with E-state index >= 15 is 0 Å². The summed E-state index contributed by atoms with van der Waals surface area (Å²) in [6.07, 6.45) is 0.548. The molecule has 82 valence electrons. The molecule has 0 aromatic carbocycles. The molecule has 14 heavy (non-hydrogen) atoms. The van der Waals surface area contributed by atoms with Crippen LogP contribution in [0.3, 0.4) is 0 Å². The number of ether oxygens (including phenoxy) is 1. The number of carbonyl (C=O) groups is 2. The highest BCUT2D eigenvalue weighted by Crippen LogP contribution is 2.38. The minimum Gasteiger partial charge on any atom is -0.468 e. The number of methoxy groups -OCH3 is 1. The third kappa shape index (κ3) is 2.79. The quantitative estimate of drug-likeness (QED) is 0.452. The number of esters is 1. The molecule has 5 heteroatoms.